The van der Waals surface area contributed by atoms with Crippen molar-refractivity contribution in [2.45, 2.75) is 18.5 Å². The average Bonchev–Trinajstić information content (AvgIpc) is 2.72. The van der Waals surface area contributed by atoms with E-state index in [1.807, 2.05) is 0 Å². The van der Waals surface area contributed by atoms with Crippen LogP contribution in [0.2, 0.25) is 0 Å². The van der Waals surface area contributed by atoms with Crippen LogP contribution in [0.25, 0.3) is 0 Å². The highest BCUT2D eigenvalue weighted by molar-refractivity contribution is 7.49. The molecule has 3 aromatic rings. The van der Waals surface area contributed by atoms with Crippen molar-refractivity contribution < 1.29 is 57.7 Å². The molecule has 0 aromatic heterocycles. The fraction of sp³-hybridized carbons (Fsp3) is 0.143. The molecule has 0 aliphatic heterocycles. The molecule has 0 unspecified atom stereocenters. The Balaban J connectivity index is 2.01. The van der Waals surface area contributed by atoms with Crippen molar-refractivity contribution in [1.29, 1.82) is 0 Å². The van der Waals surface area contributed by atoms with Gasteiger partial charge in [-0.25, -0.2) is 0 Å². The molecule has 14 heteroatoms. The van der Waals surface area contributed by atoms with E-state index in [0.717, 1.165) is 36.4 Å². The molecule has 0 aliphatic rings. The van der Waals surface area contributed by atoms with Crippen LogP contribution in [0.3, 0.4) is 0 Å². The Morgan fingerprint density at radius 3 is 0.971 bits per heavy atom. The lowest BCUT2D eigenvalue weighted by Crippen LogP contribution is -2.11. The highest BCUT2D eigenvalue weighted by Gasteiger charge is 2.38. The standard InChI is InChI=1S/C21H12F9O4P/c22-19(23,24)13-4-1-7-16(10-13)32-35(31,33-17-8-2-5-14(11-17)20(25,26)27)34-18-9-3-6-15(12-18)21(28,29)30/h1-12H. The van der Waals surface area contributed by atoms with E-state index in [1.54, 1.807) is 0 Å². The predicted molar refractivity (Wildman–Crippen MR) is 104 cm³/mol. The van der Waals surface area contributed by atoms with E-state index < -0.39 is 60.3 Å². The fourth-order valence-corrected chi connectivity index (χ4v) is 3.86. The molecule has 0 atom stereocenters. The monoisotopic (exact) mass is 530 g/mol. The maximum Gasteiger partial charge on any atom is 0.647 e. The molecule has 4 nitrogen and oxygen atoms in total. The zero-order valence-electron chi connectivity index (χ0n) is 16.9. The summed E-state index contributed by atoms with van der Waals surface area (Å²) < 4.78 is 145. The lowest BCUT2D eigenvalue weighted by atomic mass is 10.2. The molecule has 3 aromatic carbocycles. The molecule has 35 heavy (non-hydrogen) atoms. The smallest absolute Gasteiger partial charge is 0.386 e. The van der Waals surface area contributed by atoms with Gasteiger partial charge < -0.3 is 13.6 Å². The van der Waals surface area contributed by atoms with Gasteiger partial charge in [-0.2, -0.15) is 44.1 Å². The molecule has 3 rings (SSSR count). The van der Waals surface area contributed by atoms with Gasteiger partial charge in [-0.3, -0.25) is 0 Å². The second-order valence-electron chi connectivity index (χ2n) is 6.80. The molecule has 0 spiro atoms. The Hall–Kier alpha value is -3.34. The molecule has 0 amide bonds. The molecule has 0 saturated heterocycles. The van der Waals surface area contributed by atoms with Crippen molar-refractivity contribution in [2.24, 2.45) is 0 Å². The first-order chi connectivity index (χ1) is 16.1. The molecule has 0 radical (unpaired) electrons. The molecule has 0 aliphatic carbocycles. The SMILES string of the molecule is O=P(Oc1cccc(C(F)(F)F)c1)(Oc1cccc(C(F)(F)F)c1)Oc1cccc(C(F)(F)F)c1. The summed E-state index contributed by atoms with van der Waals surface area (Å²) in [4.78, 5) is 0. The summed E-state index contributed by atoms with van der Waals surface area (Å²) in [5.41, 5.74) is -3.71. The fourth-order valence-electron chi connectivity index (χ4n) is 2.63. The summed E-state index contributed by atoms with van der Waals surface area (Å²) in [6.07, 6.45) is -14.5. The van der Waals surface area contributed by atoms with Crippen LogP contribution in [0.4, 0.5) is 39.5 Å². The van der Waals surface area contributed by atoms with Gasteiger partial charge in [0, 0.05) is 0 Å². The number of phosphoric ester groups is 1. The Morgan fingerprint density at radius 1 is 0.486 bits per heavy atom. The van der Waals surface area contributed by atoms with Crippen molar-refractivity contribution in [3.63, 3.8) is 0 Å². The maximum absolute atomic E-state index is 13.3. The highest BCUT2D eigenvalue weighted by atomic mass is 31.2. The number of benzene rings is 3. The van der Waals surface area contributed by atoms with Crippen LogP contribution < -0.4 is 13.6 Å². The van der Waals surface area contributed by atoms with Gasteiger partial charge in [0.15, 0.2) is 0 Å². The van der Waals surface area contributed by atoms with Crippen LogP contribution in [-0.4, -0.2) is 0 Å². The van der Waals surface area contributed by atoms with Crippen molar-refractivity contribution in [2.75, 3.05) is 0 Å². The van der Waals surface area contributed by atoms with E-state index >= 15 is 0 Å². The van der Waals surface area contributed by atoms with Crippen molar-refractivity contribution >= 4 is 7.82 Å². The van der Waals surface area contributed by atoms with E-state index in [-0.39, 0.29) is 0 Å². The van der Waals surface area contributed by atoms with Crippen molar-refractivity contribution in [3.05, 3.63) is 89.5 Å². The summed E-state index contributed by atoms with van der Waals surface area (Å²) in [6.45, 7) is 0. The first-order valence-electron chi connectivity index (χ1n) is 9.26. The Kier molecular flexibility index (Phi) is 7.03. The zero-order chi connectivity index (χ0) is 26.1. The lowest BCUT2D eigenvalue weighted by Gasteiger charge is -2.21. The van der Waals surface area contributed by atoms with Gasteiger partial charge in [-0.05, 0) is 54.6 Å². The highest BCUT2D eigenvalue weighted by Crippen LogP contribution is 2.51. The number of alkyl halides is 9. The topological polar surface area (TPSA) is 44.8 Å². The van der Waals surface area contributed by atoms with Crippen LogP contribution in [0.1, 0.15) is 16.7 Å². The Morgan fingerprint density at radius 2 is 0.743 bits per heavy atom. The number of rotatable bonds is 6. The Bertz CT molecular complexity index is 1090. The minimum atomic E-state index is -5.20. The van der Waals surface area contributed by atoms with Crippen LogP contribution in [0, 0.1) is 0 Å². The largest absolute Gasteiger partial charge is 0.647 e. The van der Waals surface area contributed by atoms with Gasteiger partial charge >= 0.3 is 26.4 Å². The quantitative estimate of drug-likeness (QED) is 0.237. The van der Waals surface area contributed by atoms with Crippen LogP contribution >= 0.6 is 7.82 Å². The molecule has 0 fully saturated rings. The van der Waals surface area contributed by atoms with Crippen molar-refractivity contribution in [3.8, 4) is 17.2 Å². The third-order valence-electron chi connectivity index (χ3n) is 4.14. The summed E-state index contributed by atoms with van der Waals surface area (Å²) >= 11 is 0. The van der Waals surface area contributed by atoms with Gasteiger partial charge in [-0.15, -0.1) is 0 Å². The third-order valence-corrected chi connectivity index (χ3v) is 5.44. The van der Waals surface area contributed by atoms with E-state index in [0.29, 0.717) is 36.4 Å². The summed E-state index contributed by atoms with van der Waals surface area (Å²) in [5.74, 6) is -2.20. The lowest BCUT2D eigenvalue weighted by molar-refractivity contribution is -0.138. The van der Waals surface area contributed by atoms with Crippen molar-refractivity contribution in [1.82, 2.24) is 0 Å². The molecule has 0 saturated carbocycles. The second kappa shape index (κ2) is 9.37. The first kappa shape index (κ1) is 26.3. The zero-order valence-corrected chi connectivity index (χ0v) is 17.8. The van der Waals surface area contributed by atoms with E-state index in [1.165, 1.54) is 0 Å². The van der Waals surface area contributed by atoms with Gasteiger partial charge in [0.1, 0.15) is 17.2 Å². The first-order valence-corrected chi connectivity index (χ1v) is 10.7. The van der Waals surface area contributed by atoms with Gasteiger partial charge in [-0.1, -0.05) is 18.2 Å². The third kappa shape index (κ3) is 7.08. The summed E-state index contributed by atoms with van der Waals surface area (Å²) in [5, 5.41) is 0. The molecule has 0 N–H and O–H groups in total. The molecular weight excluding hydrogens is 518 g/mol. The van der Waals surface area contributed by atoms with Crippen LogP contribution in [0.5, 0.6) is 17.2 Å². The predicted octanol–water partition coefficient (Wildman–Crippen LogP) is 8.39. The van der Waals surface area contributed by atoms with Crippen LogP contribution in [0.15, 0.2) is 72.8 Å². The minimum Gasteiger partial charge on any atom is -0.386 e. The van der Waals surface area contributed by atoms with Crippen LogP contribution in [-0.2, 0) is 23.1 Å². The second-order valence-corrected chi connectivity index (χ2v) is 8.24. The van der Waals surface area contributed by atoms with E-state index in [9.17, 15) is 44.1 Å². The van der Waals surface area contributed by atoms with E-state index in [2.05, 4.69) is 0 Å². The number of phosphoric acid groups is 1. The summed E-state index contributed by atoms with van der Waals surface area (Å²) in [6, 6.07) is 8.50. The number of hydrogen-bond acceptors (Lipinski definition) is 4. The molecule has 188 valence electrons. The normalized spacial score (nSPS) is 12.8. The number of halogens is 9. The van der Waals surface area contributed by atoms with Gasteiger partial charge in [0.05, 0.1) is 16.7 Å². The molecule has 0 bridgehead atoms. The summed E-state index contributed by atoms with van der Waals surface area (Å²) in [7, 11) is -5.20. The maximum atomic E-state index is 13.3. The Labute approximate surface area is 191 Å². The van der Waals surface area contributed by atoms with Gasteiger partial charge in [0.25, 0.3) is 0 Å². The molecule has 0 heterocycles. The molecular formula is C21H12F9O4P. The van der Waals surface area contributed by atoms with E-state index in [4.69, 9.17) is 13.6 Å². The minimum absolute atomic E-state index is 0.400. The van der Waals surface area contributed by atoms with Gasteiger partial charge in [0.2, 0.25) is 0 Å². The average molecular weight is 530 g/mol. The number of hydrogen-bond donors (Lipinski definition) is 0.